The van der Waals surface area contributed by atoms with Crippen LogP contribution < -0.4 is 4.90 Å². The average Bonchev–Trinajstić information content (AvgIpc) is 2.36. The fourth-order valence-electron chi connectivity index (χ4n) is 2.44. The Morgan fingerprint density at radius 3 is 2.53 bits per heavy atom. The molecule has 0 aliphatic rings. The zero-order chi connectivity index (χ0) is 14.5. The second kappa shape index (κ2) is 6.60. The van der Waals surface area contributed by atoms with Gasteiger partial charge < -0.3 is 10.0 Å². The van der Waals surface area contributed by atoms with E-state index in [1.165, 1.54) is 5.56 Å². The standard InChI is InChI=1S/C16H25NO2/c1-5-10-16(4,15(18)19)12-17(6-2)14-9-7-8-13(3)11-14/h7-9,11H,5-6,10,12H2,1-4H3,(H,18,19). The molecule has 0 bridgehead atoms. The molecule has 0 saturated carbocycles. The number of aryl methyl sites for hydroxylation is 1. The first kappa shape index (κ1) is 15.5. The number of hydrogen-bond acceptors (Lipinski definition) is 2. The highest BCUT2D eigenvalue weighted by molar-refractivity contribution is 5.75. The van der Waals surface area contributed by atoms with Crippen LogP contribution in [0.5, 0.6) is 0 Å². The molecule has 0 aliphatic carbocycles. The van der Waals surface area contributed by atoms with Crippen molar-refractivity contribution in [3.05, 3.63) is 29.8 Å². The number of hydrogen-bond donors (Lipinski definition) is 1. The van der Waals surface area contributed by atoms with Gasteiger partial charge in [-0.1, -0.05) is 25.5 Å². The maximum atomic E-state index is 11.5. The van der Waals surface area contributed by atoms with E-state index in [1.54, 1.807) is 0 Å². The molecule has 19 heavy (non-hydrogen) atoms. The van der Waals surface area contributed by atoms with Gasteiger partial charge in [-0.05, 0) is 44.9 Å². The maximum Gasteiger partial charge on any atom is 0.311 e. The minimum atomic E-state index is -0.708. The predicted octanol–water partition coefficient (Wildman–Crippen LogP) is 3.71. The van der Waals surface area contributed by atoms with E-state index < -0.39 is 11.4 Å². The normalized spacial score (nSPS) is 13.9. The highest BCUT2D eigenvalue weighted by Gasteiger charge is 2.34. The summed E-state index contributed by atoms with van der Waals surface area (Å²) in [5.74, 6) is -0.708. The summed E-state index contributed by atoms with van der Waals surface area (Å²) in [5.41, 5.74) is 1.61. The van der Waals surface area contributed by atoms with E-state index in [1.807, 2.05) is 26.0 Å². The largest absolute Gasteiger partial charge is 0.481 e. The molecule has 106 valence electrons. The van der Waals surface area contributed by atoms with Crippen LogP contribution in [-0.2, 0) is 4.79 Å². The number of rotatable bonds is 7. The third-order valence-electron chi connectivity index (χ3n) is 3.61. The van der Waals surface area contributed by atoms with E-state index in [2.05, 4.69) is 30.9 Å². The van der Waals surface area contributed by atoms with Crippen LogP contribution in [0.15, 0.2) is 24.3 Å². The minimum Gasteiger partial charge on any atom is -0.481 e. The molecule has 0 heterocycles. The van der Waals surface area contributed by atoms with Gasteiger partial charge in [-0.25, -0.2) is 0 Å². The van der Waals surface area contributed by atoms with Crippen molar-refractivity contribution in [1.82, 2.24) is 0 Å². The van der Waals surface area contributed by atoms with Crippen LogP contribution in [0.3, 0.4) is 0 Å². The average molecular weight is 263 g/mol. The number of anilines is 1. The van der Waals surface area contributed by atoms with E-state index in [-0.39, 0.29) is 0 Å². The maximum absolute atomic E-state index is 11.5. The molecule has 1 atom stereocenters. The molecule has 1 aromatic rings. The summed E-state index contributed by atoms with van der Waals surface area (Å²) in [4.78, 5) is 13.7. The Labute approximate surface area is 116 Å². The van der Waals surface area contributed by atoms with Crippen molar-refractivity contribution in [2.45, 2.75) is 40.5 Å². The van der Waals surface area contributed by atoms with Gasteiger partial charge in [-0.15, -0.1) is 0 Å². The number of benzene rings is 1. The van der Waals surface area contributed by atoms with Gasteiger partial charge in [0, 0.05) is 18.8 Å². The zero-order valence-electron chi connectivity index (χ0n) is 12.4. The summed E-state index contributed by atoms with van der Waals surface area (Å²) in [5, 5.41) is 9.48. The van der Waals surface area contributed by atoms with Crippen molar-refractivity contribution < 1.29 is 9.90 Å². The molecule has 0 aliphatic heterocycles. The third-order valence-corrected chi connectivity index (χ3v) is 3.61. The lowest BCUT2D eigenvalue weighted by molar-refractivity contribution is -0.147. The van der Waals surface area contributed by atoms with E-state index in [4.69, 9.17) is 0 Å². The van der Waals surface area contributed by atoms with Gasteiger partial charge in [0.05, 0.1) is 5.41 Å². The molecule has 1 aromatic carbocycles. The summed E-state index contributed by atoms with van der Waals surface area (Å²) in [6.07, 6.45) is 1.58. The lowest BCUT2D eigenvalue weighted by Crippen LogP contribution is -2.41. The highest BCUT2D eigenvalue weighted by atomic mass is 16.4. The van der Waals surface area contributed by atoms with Crippen molar-refractivity contribution in [3.8, 4) is 0 Å². The third kappa shape index (κ3) is 3.98. The van der Waals surface area contributed by atoms with E-state index >= 15 is 0 Å². The molecule has 0 amide bonds. The van der Waals surface area contributed by atoms with Gasteiger partial charge in [0.15, 0.2) is 0 Å². The molecule has 0 aromatic heterocycles. The van der Waals surface area contributed by atoms with Gasteiger partial charge in [0.25, 0.3) is 0 Å². The second-order valence-corrected chi connectivity index (χ2v) is 5.47. The van der Waals surface area contributed by atoms with Crippen LogP contribution in [-0.4, -0.2) is 24.2 Å². The fourth-order valence-corrected chi connectivity index (χ4v) is 2.44. The molecule has 0 fully saturated rings. The first-order valence-corrected chi connectivity index (χ1v) is 6.98. The zero-order valence-corrected chi connectivity index (χ0v) is 12.4. The van der Waals surface area contributed by atoms with Crippen LogP contribution in [0.1, 0.15) is 39.2 Å². The number of carboxylic acids is 1. The van der Waals surface area contributed by atoms with Crippen LogP contribution in [0, 0.1) is 12.3 Å². The molecular formula is C16H25NO2. The smallest absolute Gasteiger partial charge is 0.311 e. The number of aliphatic carboxylic acids is 1. The summed E-state index contributed by atoms with van der Waals surface area (Å²) >= 11 is 0. The Balaban J connectivity index is 2.95. The van der Waals surface area contributed by atoms with Gasteiger partial charge in [0.2, 0.25) is 0 Å². The molecule has 1 rings (SSSR count). The number of nitrogens with zero attached hydrogens (tertiary/aromatic N) is 1. The molecule has 1 N–H and O–H groups in total. The predicted molar refractivity (Wildman–Crippen MR) is 79.7 cm³/mol. The van der Waals surface area contributed by atoms with E-state index in [0.29, 0.717) is 13.0 Å². The lowest BCUT2D eigenvalue weighted by atomic mass is 9.85. The van der Waals surface area contributed by atoms with Crippen molar-refractivity contribution in [3.63, 3.8) is 0 Å². The minimum absolute atomic E-state index is 0.552. The summed E-state index contributed by atoms with van der Waals surface area (Å²) in [6.45, 7) is 9.37. The quantitative estimate of drug-likeness (QED) is 0.815. The van der Waals surface area contributed by atoms with Crippen molar-refractivity contribution in [1.29, 1.82) is 0 Å². The van der Waals surface area contributed by atoms with Crippen LogP contribution in [0.4, 0.5) is 5.69 Å². The second-order valence-electron chi connectivity index (χ2n) is 5.47. The summed E-state index contributed by atoms with van der Waals surface area (Å²) in [6, 6.07) is 8.23. The molecule has 1 unspecified atom stereocenters. The summed E-state index contributed by atoms with van der Waals surface area (Å²) < 4.78 is 0. The Bertz CT molecular complexity index is 431. The number of carboxylic acid groups (broad SMARTS) is 1. The van der Waals surface area contributed by atoms with E-state index in [0.717, 1.165) is 18.7 Å². The van der Waals surface area contributed by atoms with E-state index in [9.17, 15) is 9.90 Å². The first-order chi connectivity index (χ1) is 8.92. The Morgan fingerprint density at radius 1 is 1.37 bits per heavy atom. The fraction of sp³-hybridized carbons (Fsp3) is 0.562. The topological polar surface area (TPSA) is 40.5 Å². The van der Waals surface area contributed by atoms with Gasteiger partial charge >= 0.3 is 5.97 Å². The van der Waals surface area contributed by atoms with Crippen molar-refractivity contribution >= 4 is 11.7 Å². The molecule has 3 heteroatoms. The van der Waals surface area contributed by atoms with Crippen LogP contribution in [0.25, 0.3) is 0 Å². The Hall–Kier alpha value is -1.51. The highest BCUT2D eigenvalue weighted by Crippen LogP contribution is 2.28. The monoisotopic (exact) mass is 263 g/mol. The van der Waals surface area contributed by atoms with Gasteiger partial charge in [-0.2, -0.15) is 0 Å². The number of carbonyl (C=O) groups is 1. The Morgan fingerprint density at radius 2 is 2.05 bits per heavy atom. The summed E-state index contributed by atoms with van der Waals surface area (Å²) in [7, 11) is 0. The first-order valence-electron chi connectivity index (χ1n) is 6.98. The SMILES string of the molecule is CCCC(C)(CN(CC)c1cccc(C)c1)C(=O)O. The van der Waals surface area contributed by atoms with Crippen molar-refractivity contribution in [2.24, 2.45) is 5.41 Å². The van der Waals surface area contributed by atoms with Crippen molar-refractivity contribution in [2.75, 3.05) is 18.0 Å². The van der Waals surface area contributed by atoms with Crippen LogP contribution >= 0.6 is 0 Å². The molecule has 3 nitrogen and oxygen atoms in total. The van der Waals surface area contributed by atoms with Crippen LogP contribution in [0.2, 0.25) is 0 Å². The molecule has 0 spiro atoms. The van der Waals surface area contributed by atoms with Gasteiger partial charge in [-0.3, -0.25) is 4.79 Å². The Kier molecular flexibility index (Phi) is 5.40. The lowest BCUT2D eigenvalue weighted by Gasteiger charge is -2.33. The molecular weight excluding hydrogens is 238 g/mol. The molecule has 0 radical (unpaired) electrons. The van der Waals surface area contributed by atoms with Gasteiger partial charge in [0.1, 0.15) is 0 Å². The molecule has 0 saturated heterocycles.